The highest BCUT2D eigenvalue weighted by molar-refractivity contribution is 6.02. The van der Waals surface area contributed by atoms with E-state index in [-0.39, 0.29) is 0 Å². The van der Waals surface area contributed by atoms with Crippen LogP contribution < -0.4 is 5.73 Å². The molecule has 0 radical (unpaired) electrons. The number of nitrogens with zero attached hydrogens (tertiary/aromatic N) is 1. The third kappa shape index (κ3) is 1.26. The molecule has 3 nitrogen and oxygen atoms in total. The van der Waals surface area contributed by atoms with Crippen LogP contribution in [0.5, 0.6) is 0 Å². The molecule has 3 heteroatoms. The summed E-state index contributed by atoms with van der Waals surface area (Å²) in [5.41, 5.74) is 8.99. The number of fused-ring (bicyclic) bond motifs is 1. The zero-order valence-corrected chi connectivity index (χ0v) is 8.64. The average molecular weight is 209 g/mol. The lowest BCUT2D eigenvalue weighted by molar-refractivity contribution is 1.09. The van der Waals surface area contributed by atoms with Crippen molar-refractivity contribution in [3.8, 4) is 11.1 Å². The lowest BCUT2D eigenvalue weighted by Gasteiger charge is -2.06. The van der Waals surface area contributed by atoms with Crippen molar-refractivity contribution in [1.29, 1.82) is 0 Å². The number of H-pyrrole nitrogens is 1. The quantitative estimate of drug-likeness (QED) is 0.605. The van der Waals surface area contributed by atoms with Crippen molar-refractivity contribution in [1.82, 2.24) is 10.2 Å². The van der Waals surface area contributed by atoms with E-state index in [2.05, 4.69) is 16.3 Å². The molecule has 0 bridgehead atoms. The molecular weight excluding hydrogens is 198 g/mol. The molecule has 78 valence electrons. The molecule has 0 aliphatic heterocycles. The second kappa shape index (κ2) is 3.38. The first-order chi connectivity index (χ1) is 7.86. The zero-order chi connectivity index (χ0) is 11.0. The molecule has 0 fully saturated rings. The lowest BCUT2D eigenvalue weighted by Crippen LogP contribution is -1.88. The van der Waals surface area contributed by atoms with Crippen LogP contribution in [0, 0.1) is 0 Å². The number of aromatic amines is 1. The highest BCUT2D eigenvalue weighted by Crippen LogP contribution is 2.31. The maximum absolute atomic E-state index is 5.96. The average Bonchev–Trinajstić information content (AvgIpc) is 2.83. The molecule has 1 aromatic heterocycles. The van der Waals surface area contributed by atoms with E-state index in [4.69, 9.17) is 5.73 Å². The van der Waals surface area contributed by atoms with Gasteiger partial charge in [-0.05, 0) is 17.0 Å². The third-order valence-corrected chi connectivity index (χ3v) is 2.77. The van der Waals surface area contributed by atoms with Crippen LogP contribution in [0.3, 0.4) is 0 Å². The van der Waals surface area contributed by atoms with Crippen LogP contribution in [-0.4, -0.2) is 10.2 Å². The monoisotopic (exact) mass is 209 g/mol. The Labute approximate surface area is 92.9 Å². The predicted octanol–water partition coefficient (Wildman–Crippen LogP) is 2.81. The van der Waals surface area contributed by atoms with E-state index in [1.54, 1.807) is 0 Å². The van der Waals surface area contributed by atoms with Crippen molar-refractivity contribution in [2.45, 2.75) is 0 Å². The lowest BCUT2D eigenvalue weighted by atomic mass is 9.99. The number of hydrogen-bond donors (Lipinski definition) is 2. The summed E-state index contributed by atoms with van der Waals surface area (Å²) in [4.78, 5) is 0. The fourth-order valence-electron chi connectivity index (χ4n) is 1.97. The van der Waals surface area contributed by atoms with Crippen molar-refractivity contribution >= 4 is 16.5 Å². The van der Waals surface area contributed by atoms with E-state index in [0.29, 0.717) is 0 Å². The maximum Gasteiger partial charge on any atom is 0.0565 e. The summed E-state index contributed by atoms with van der Waals surface area (Å²) in [6.45, 7) is 0. The SMILES string of the molecule is Nc1ccc(-c2cn[nH]c2)c2ccccc12. The minimum atomic E-state index is 0.808. The third-order valence-electron chi connectivity index (χ3n) is 2.77. The zero-order valence-electron chi connectivity index (χ0n) is 8.64. The van der Waals surface area contributed by atoms with Crippen LogP contribution in [0.1, 0.15) is 0 Å². The van der Waals surface area contributed by atoms with Gasteiger partial charge < -0.3 is 5.73 Å². The summed E-state index contributed by atoms with van der Waals surface area (Å²) >= 11 is 0. The van der Waals surface area contributed by atoms with Gasteiger partial charge in [-0.25, -0.2) is 0 Å². The Morgan fingerprint density at radius 2 is 1.81 bits per heavy atom. The molecule has 0 aliphatic rings. The Morgan fingerprint density at radius 1 is 1.00 bits per heavy atom. The van der Waals surface area contributed by atoms with Crippen molar-refractivity contribution in [2.24, 2.45) is 0 Å². The van der Waals surface area contributed by atoms with E-state index in [0.717, 1.165) is 27.6 Å². The molecule has 3 rings (SSSR count). The van der Waals surface area contributed by atoms with Crippen LogP contribution in [0.25, 0.3) is 21.9 Å². The predicted molar refractivity (Wildman–Crippen MR) is 65.9 cm³/mol. The minimum absolute atomic E-state index is 0.808. The van der Waals surface area contributed by atoms with Crippen LogP contribution in [-0.2, 0) is 0 Å². The molecule has 16 heavy (non-hydrogen) atoms. The van der Waals surface area contributed by atoms with Crippen LogP contribution in [0.2, 0.25) is 0 Å². The van der Waals surface area contributed by atoms with Gasteiger partial charge in [0, 0.05) is 22.8 Å². The van der Waals surface area contributed by atoms with Gasteiger partial charge in [0.25, 0.3) is 0 Å². The first kappa shape index (κ1) is 8.97. The number of nitrogens with two attached hydrogens (primary N) is 1. The largest absolute Gasteiger partial charge is 0.398 e. The first-order valence-corrected chi connectivity index (χ1v) is 5.12. The molecule has 0 saturated carbocycles. The maximum atomic E-state index is 5.96. The molecule has 0 atom stereocenters. The normalized spacial score (nSPS) is 10.8. The van der Waals surface area contributed by atoms with Gasteiger partial charge in [-0.3, -0.25) is 5.10 Å². The molecule has 0 aliphatic carbocycles. The van der Waals surface area contributed by atoms with Crippen molar-refractivity contribution in [2.75, 3.05) is 5.73 Å². The molecule has 0 saturated heterocycles. The smallest absolute Gasteiger partial charge is 0.0565 e. The second-order valence-corrected chi connectivity index (χ2v) is 3.73. The molecule has 0 amide bonds. The number of nitrogen functional groups attached to an aromatic ring is 1. The van der Waals surface area contributed by atoms with Gasteiger partial charge in [0.1, 0.15) is 0 Å². The number of benzene rings is 2. The first-order valence-electron chi connectivity index (χ1n) is 5.12. The highest BCUT2D eigenvalue weighted by atomic mass is 15.1. The summed E-state index contributed by atoms with van der Waals surface area (Å²) in [5, 5.41) is 9.04. The van der Waals surface area contributed by atoms with E-state index in [1.807, 2.05) is 42.7 Å². The summed E-state index contributed by atoms with van der Waals surface area (Å²) in [6, 6.07) is 12.1. The van der Waals surface area contributed by atoms with Gasteiger partial charge in [-0.15, -0.1) is 0 Å². The Balaban J connectivity index is 2.39. The molecule has 1 heterocycles. The van der Waals surface area contributed by atoms with Crippen LogP contribution in [0.4, 0.5) is 5.69 Å². The van der Waals surface area contributed by atoms with Gasteiger partial charge in [0.2, 0.25) is 0 Å². The van der Waals surface area contributed by atoms with Gasteiger partial charge in [0.15, 0.2) is 0 Å². The summed E-state index contributed by atoms with van der Waals surface area (Å²) in [5.74, 6) is 0. The molecule has 3 N–H and O–H groups in total. The molecule has 0 unspecified atom stereocenters. The van der Waals surface area contributed by atoms with Gasteiger partial charge >= 0.3 is 0 Å². The van der Waals surface area contributed by atoms with Crippen molar-refractivity contribution < 1.29 is 0 Å². The van der Waals surface area contributed by atoms with Gasteiger partial charge in [0.05, 0.1) is 6.20 Å². The van der Waals surface area contributed by atoms with E-state index in [9.17, 15) is 0 Å². The summed E-state index contributed by atoms with van der Waals surface area (Å²) < 4.78 is 0. The molecule has 3 aromatic rings. The van der Waals surface area contributed by atoms with E-state index < -0.39 is 0 Å². The Hall–Kier alpha value is -2.29. The number of hydrogen-bond acceptors (Lipinski definition) is 2. The van der Waals surface area contributed by atoms with Gasteiger partial charge in [-0.2, -0.15) is 5.10 Å². The van der Waals surface area contributed by atoms with Crippen LogP contribution >= 0.6 is 0 Å². The molecular formula is C13H11N3. The fourth-order valence-corrected chi connectivity index (χ4v) is 1.97. The number of rotatable bonds is 1. The minimum Gasteiger partial charge on any atom is -0.398 e. The van der Waals surface area contributed by atoms with Crippen molar-refractivity contribution in [3.05, 3.63) is 48.8 Å². The molecule has 0 spiro atoms. The van der Waals surface area contributed by atoms with E-state index in [1.165, 1.54) is 0 Å². The number of aromatic nitrogens is 2. The Morgan fingerprint density at radius 3 is 2.56 bits per heavy atom. The second-order valence-electron chi connectivity index (χ2n) is 3.73. The van der Waals surface area contributed by atoms with Crippen molar-refractivity contribution in [3.63, 3.8) is 0 Å². The topological polar surface area (TPSA) is 54.7 Å². The van der Waals surface area contributed by atoms with E-state index >= 15 is 0 Å². The number of nitrogens with one attached hydrogen (secondary N) is 1. The Kier molecular flexibility index (Phi) is 1.90. The molecule has 2 aromatic carbocycles. The van der Waals surface area contributed by atoms with Crippen LogP contribution in [0.15, 0.2) is 48.8 Å². The summed E-state index contributed by atoms with van der Waals surface area (Å²) in [7, 11) is 0. The standard InChI is InChI=1S/C13H11N3/c14-13-6-5-10(9-7-15-16-8-9)11-3-1-2-4-12(11)13/h1-8H,14H2,(H,15,16). The fraction of sp³-hybridized carbons (Fsp3) is 0. The summed E-state index contributed by atoms with van der Waals surface area (Å²) in [6.07, 6.45) is 3.70. The highest BCUT2D eigenvalue weighted by Gasteiger charge is 2.05. The number of anilines is 1. The Bertz CT molecular complexity index is 627. The van der Waals surface area contributed by atoms with Gasteiger partial charge in [-0.1, -0.05) is 30.3 Å².